The fourth-order valence-electron chi connectivity index (χ4n) is 9.84. The summed E-state index contributed by atoms with van der Waals surface area (Å²) >= 11 is 0. The fourth-order valence-corrected chi connectivity index (χ4v) is 9.84. The smallest absolute Gasteiger partial charge is 0.160 e. The predicted octanol–water partition coefficient (Wildman–Crippen LogP) is 15.2. The standard InChI is InChI=1S/C61H48N4/c1-39-15-7-6-8-16-40-21-30-46(38-53(40)60(39,2)3)50-35-47(45-31-32-49-48-17-9-10-18-52(48)61(4,5)54(49)37-45)36-51-57(43-26-22-41(23-27-43)55-19-11-13-33-62-55)64-59(65-58(50)51)44-28-24-42(25-29-44)56-20-12-14-34-63-56/h6-15,17-38H,1,16H2,2-5H3/b8-6-,15-7-. The van der Waals surface area contributed by atoms with Gasteiger partial charge in [0, 0.05) is 56.4 Å². The summed E-state index contributed by atoms with van der Waals surface area (Å²) < 4.78 is 0. The lowest BCUT2D eigenvalue weighted by molar-refractivity contribution is 0.635. The van der Waals surface area contributed by atoms with E-state index in [1.165, 1.54) is 33.4 Å². The molecule has 0 unspecified atom stereocenters. The Labute approximate surface area is 381 Å². The number of hydrogen-bond donors (Lipinski definition) is 0. The number of nitrogens with zero attached hydrogens (tertiary/aromatic N) is 4. The summed E-state index contributed by atoms with van der Waals surface area (Å²) in [5, 5.41) is 0.984. The average molecular weight is 837 g/mol. The molecule has 2 aliphatic rings. The van der Waals surface area contributed by atoms with Crippen LogP contribution in [-0.2, 0) is 17.3 Å². The largest absolute Gasteiger partial charge is 0.256 e. The minimum absolute atomic E-state index is 0.141. The van der Waals surface area contributed by atoms with Crippen LogP contribution in [0, 0.1) is 0 Å². The van der Waals surface area contributed by atoms with Gasteiger partial charge in [-0.25, -0.2) is 9.97 Å². The normalized spacial score (nSPS) is 15.5. The van der Waals surface area contributed by atoms with Gasteiger partial charge in [-0.15, -0.1) is 0 Å². The first-order valence-corrected chi connectivity index (χ1v) is 22.4. The van der Waals surface area contributed by atoms with Gasteiger partial charge in [-0.1, -0.05) is 168 Å². The first kappa shape index (κ1) is 40.0. The average Bonchev–Trinajstić information content (AvgIpc) is 3.61. The third kappa shape index (κ3) is 7.03. The van der Waals surface area contributed by atoms with Crippen molar-refractivity contribution in [3.8, 4) is 78.5 Å². The van der Waals surface area contributed by atoms with Gasteiger partial charge >= 0.3 is 0 Å². The Balaban J connectivity index is 1.17. The number of pyridine rings is 2. The Hall–Kier alpha value is -7.82. The van der Waals surface area contributed by atoms with E-state index in [1.54, 1.807) is 0 Å². The van der Waals surface area contributed by atoms with Crippen molar-refractivity contribution >= 4 is 10.9 Å². The van der Waals surface area contributed by atoms with E-state index in [4.69, 9.17) is 9.97 Å². The molecule has 312 valence electrons. The number of hydrogen-bond acceptors (Lipinski definition) is 4. The molecule has 3 heterocycles. The zero-order valence-corrected chi connectivity index (χ0v) is 37.2. The van der Waals surface area contributed by atoms with Crippen LogP contribution in [0.15, 0.2) is 207 Å². The third-order valence-electron chi connectivity index (χ3n) is 13.7. The molecule has 2 aliphatic carbocycles. The highest BCUT2D eigenvalue weighted by Gasteiger charge is 2.35. The molecule has 0 aliphatic heterocycles. The molecule has 11 rings (SSSR count). The summed E-state index contributed by atoms with van der Waals surface area (Å²) in [6.07, 6.45) is 13.1. The molecule has 0 N–H and O–H groups in total. The van der Waals surface area contributed by atoms with Crippen molar-refractivity contribution < 1.29 is 0 Å². The highest BCUT2D eigenvalue weighted by atomic mass is 14.9. The van der Waals surface area contributed by atoms with E-state index in [9.17, 15) is 0 Å². The van der Waals surface area contributed by atoms with E-state index in [0.717, 1.165) is 84.5 Å². The predicted molar refractivity (Wildman–Crippen MR) is 269 cm³/mol. The number of aromatic nitrogens is 4. The number of allylic oxidation sites excluding steroid dienone is 5. The van der Waals surface area contributed by atoms with Gasteiger partial charge in [-0.2, -0.15) is 0 Å². The molecule has 0 atom stereocenters. The van der Waals surface area contributed by atoms with Crippen molar-refractivity contribution in [3.05, 3.63) is 229 Å². The van der Waals surface area contributed by atoms with E-state index < -0.39 is 0 Å². The summed E-state index contributed by atoms with van der Waals surface area (Å²) in [5.41, 5.74) is 20.5. The van der Waals surface area contributed by atoms with Crippen LogP contribution in [0.4, 0.5) is 0 Å². The first-order valence-electron chi connectivity index (χ1n) is 22.4. The molecule has 0 spiro atoms. The lowest BCUT2D eigenvalue weighted by atomic mass is 9.74. The van der Waals surface area contributed by atoms with Crippen LogP contribution in [0.3, 0.4) is 0 Å². The maximum absolute atomic E-state index is 5.55. The van der Waals surface area contributed by atoms with Crippen molar-refractivity contribution in [1.82, 2.24) is 19.9 Å². The molecule has 65 heavy (non-hydrogen) atoms. The quantitative estimate of drug-likeness (QED) is 0.167. The minimum Gasteiger partial charge on any atom is -0.256 e. The maximum Gasteiger partial charge on any atom is 0.160 e. The maximum atomic E-state index is 5.55. The first-order chi connectivity index (χ1) is 31.6. The second kappa shape index (κ2) is 15.8. The van der Waals surface area contributed by atoms with Crippen molar-refractivity contribution in [2.45, 2.75) is 44.9 Å². The zero-order valence-electron chi connectivity index (χ0n) is 37.2. The van der Waals surface area contributed by atoms with E-state index in [2.05, 4.69) is 190 Å². The molecule has 0 radical (unpaired) electrons. The van der Waals surface area contributed by atoms with Gasteiger partial charge in [-0.05, 0) is 111 Å². The van der Waals surface area contributed by atoms with Crippen molar-refractivity contribution in [2.24, 2.45) is 0 Å². The molecule has 0 fully saturated rings. The Bertz CT molecular complexity index is 3380. The van der Waals surface area contributed by atoms with Crippen LogP contribution in [0.2, 0.25) is 0 Å². The van der Waals surface area contributed by atoms with Crippen LogP contribution in [0.1, 0.15) is 49.9 Å². The van der Waals surface area contributed by atoms with Gasteiger partial charge in [0.05, 0.1) is 22.6 Å². The van der Waals surface area contributed by atoms with Crippen LogP contribution in [0.5, 0.6) is 0 Å². The van der Waals surface area contributed by atoms with E-state index in [1.807, 2.05) is 48.8 Å². The molecule has 0 amide bonds. The van der Waals surface area contributed by atoms with Gasteiger partial charge in [-0.3, -0.25) is 9.97 Å². The van der Waals surface area contributed by atoms with Crippen molar-refractivity contribution in [2.75, 3.05) is 0 Å². The van der Waals surface area contributed by atoms with Crippen LogP contribution in [0.25, 0.3) is 89.4 Å². The lowest BCUT2D eigenvalue weighted by Crippen LogP contribution is -2.20. The molecular weight excluding hydrogens is 789 g/mol. The summed E-state index contributed by atoms with van der Waals surface area (Å²) in [4.78, 5) is 20.3. The van der Waals surface area contributed by atoms with Gasteiger partial charge < -0.3 is 0 Å². The summed E-state index contributed by atoms with van der Waals surface area (Å²) in [7, 11) is 0. The van der Waals surface area contributed by atoms with E-state index in [0.29, 0.717) is 5.82 Å². The number of rotatable bonds is 6. The van der Waals surface area contributed by atoms with Crippen LogP contribution < -0.4 is 0 Å². The molecule has 4 nitrogen and oxygen atoms in total. The Morgan fingerprint density at radius 2 is 1.08 bits per heavy atom. The van der Waals surface area contributed by atoms with Crippen LogP contribution >= 0.6 is 0 Å². The Morgan fingerprint density at radius 1 is 0.462 bits per heavy atom. The van der Waals surface area contributed by atoms with E-state index >= 15 is 0 Å². The summed E-state index contributed by atoms with van der Waals surface area (Å²) in [6, 6.07) is 56.6. The molecule has 0 saturated carbocycles. The summed E-state index contributed by atoms with van der Waals surface area (Å²) in [5.74, 6) is 0.659. The zero-order chi connectivity index (χ0) is 44.3. The van der Waals surface area contributed by atoms with E-state index in [-0.39, 0.29) is 10.8 Å². The van der Waals surface area contributed by atoms with Gasteiger partial charge in [0.1, 0.15) is 0 Å². The Morgan fingerprint density at radius 3 is 1.78 bits per heavy atom. The topological polar surface area (TPSA) is 51.6 Å². The monoisotopic (exact) mass is 836 g/mol. The highest BCUT2D eigenvalue weighted by Crippen LogP contribution is 2.50. The Kier molecular flexibility index (Phi) is 9.70. The molecule has 3 aromatic heterocycles. The third-order valence-corrected chi connectivity index (χ3v) is 13.7. The lowest BCUT2D eigenvalue weighted by Gasteiger charge is -2.29. The van der Waals surface area contributed by atoms with Crippen LogP contribution in [-0.4, -0.2) is 19.9 Å². The van der Waals surface area contributed by atoms with Gasteiger partial charge in [0.2, 0.25) is 0 Å². The minimum atomic E-state index is -0.308. The summed E-state index contributed by atoms with van der Waals surface area (Å²) in [6.45, 7) is 13.8. The molecule has 0 saturated heterocycles. The number of fused-ring (bicyclic) bond motifs is 5. The second-order valence-electron chi connectivity index (χ2n) is 18.3. The molecule has 6 aromatic carbocycles. The van der Waals surface area contributed by atoms with Gasteiger partial charge in [0.15, 0.2) is 5.82 Å². The number of benzene rings is 6. The molecule has 4 heteroatoms. The van der Waals surface area contributed by atoms with Gasteiger partial charge in [0.25, 0.3) is 0 Å². The van der Waals surface area contributed by atoms with Crippen molar-refractivity contribution in [1.29, 1.82) is 0 Å². The SMILES string of the molecule is C=C1/C=C\C=C/Cc2ccc(-c3cc(-c4ccc5c(c4)C(C)(C)c4ccccc4-5)cc4c(-c5ccc(-c6ccccn6)cc5)nc(-c5ccc(-c6ccccn6)cc5)nc34)cc2C1(C)C. The molecular formula is C61H48N4. The highest BCUT2D eigenvalue weighted by molar-refractivity contribution is 6.05. The molecule has 0 bridgehead atoms. The second-order valence-corrected chi connectivity index (χ2v) is 18.3. The fraction of sp³-hybridized carbons (Fsp3) is 0.115. The molecule has 9 aromatic rings. The van der Waals surface area contributed by atoms with Crippen molar-refractivity contribution in [3.63, 3.8) is 0 Å².